The number of benzene rings is 2. The number of thioether (sulfide) groups is 1. The van der Waals surface area contributed by atoms with Crippen LogP contribution in [-0.2, 0) is 7.05 Å². The molecule has 6 heteroatoms. The Balaban J connectivity index is 1.61. The number of hydrogen-bond donors (Lipinski definition) is 0. The van der Waals surface area contributed by atoms with Crippen molar-refractivity contribution in [2.24, 2.45) is 7.05 Å². The van der Waals surface area contributed by atoms with Crippen LogP contribution in [0.15, 0.2) is 53.7 Å². The molecule has 0 radical (unpaired) electrons. The van der Waals surface area contributed by atoms with E-state index in [0.717, 1.165) is 22.1 Å². The van der Waals surface area contributed by atoms with Crippen LogP contribution in [0.3, 0.4) is 0 Å². The minimum Gasteiger partial charge on any atom is -0.490 e. The molecule has 0 bridgehead atoms. The highest BCUT2D eigenvalue weighted by molar-refractivity contribution is 7.99. The van der Waals surface area contributed by atoms with Gasteiger partial charge >= 0.3 is 0 Å². The predicted molar refractivity (Wildman–Crippen MR) is 93.8 cm³/mol. The molecule has 0 saturated carbocycles. The molecule has 0 aliphatic carbocycles. The van der Waals surface area contributed by atoms with E-state index in [1.165, 1.54) is 17.8 Å². The Labute approximate surface area is 144 Å². The van der Waals surface area contributed by atoms with Gasteiger partial charge in [-0.3, -0.25) is 0 Å². The monoisotopic (exact) mass is 343 g/mol. The maximum atomic E-state index is 13.5. The van der Waals surface area contributed by atoms with Gasteiger partial charge in [0.1, 0.15) is 0 Å². The summed E-state index contributed by atoms with van der Waals surface area (Å²) in [4.78, 5) is 0. The summed E-state index contributed by atoms with van der Waals surface area (Å²) in [6.45, 7) is 2.46. The van der Waals surface area contributed by atoms with E-state index >= 15 is 0 Å². The summed E-state index contributed by atoms with van der Waals surface area (Å²) < 4.78 is 20.9. The first-order valence-electron chi connectivity index (χ1n) is 7.62. The van der Waals surface area contributed by atoms with E-state index < -0.39 is 0 Å². The fourth-order valence-corrected chi connectivity index (χ4v) is 3.07. The molecule has 1 heterocycles. The second-order valence-electron chi connectivity index (χ2n) is 5.31. The summed E-state index contributed by atoms with van der Waals surface area (Å²) >= 11 is 1.54. The second-order valence-corrected chi connectivity index (χ2v) is 6.37. The van der Waals surface area contributed by atoms with Crippen molar-refractivity contribution in [3.63, 3.8) is 0 Å². The molecule has 0 saturated heterocycles. The molecule has 0 fully saturated rings. The van der Waals surface area contributed by atoms with Gasteiger partial charge in [0, 0.05) is 18.4 Å². The number of ether oxygens (including phenoxy) is 1. The molecule has 0 unspecified atom stereocenters. The third-order valence-corrected chi connectivity index (χ3v) is 4.61. The van der Waals surface area contributed by atoms with E-state index in [4.69, 9.17) is 4.74 Å². The van der Waals surface area contributed by atoms with Gasteiger partial charge < -0.3 is 9.30 Å². The number of para-hydroxylation sites is 1. The van der Waals surface area contributed by atoms with Crippen molar-refractivity contribution in [3.05, 3.63) is 59.9 Å². The standard InChI is InChI=1S/C18H18FN3OS/c1-13-7-3-4-8-14(13)17-20-21-18(22(17)2)24-12-11-23-16-10-6-5-9-15(16)19/h3-10H,11-12H2,1-2H3. The number of hydrogen-bond acceptors (Lipinski definition) is 4. The average Bonchev–Trinajstić information content (AvgIpc) is 2.94. The fourth-order valence-electron chi connectivity index (χ4n) is 2.35. The van der Waals surface area contributed by atoms with Gasteiger partial charge in [0.15, 0.2) is 22.5 Å². The number of aryl methyl sites for hydroxylation is 1. The third-order valence-electron chi connectivity index (χ3n) is 3.63. The van der Waals surface area contributed by atoms with E-state index in [1.807, 2.05) is 29.8 Å². The lowest BCUT2D eigenvalue weighted by molar-refractivity contribution is 0.325. The third kappa shape index (κ3) is 3.59. The summed E-state index contributed by atoms with van der Waals surface area (Å²) in [6, 6.07) is 14.5. The van der Waals surface area contributed by atoms with Gasteiger partial charge in [-0.05, 0) is 24.6 Å². The molecular weight excluding hydrogens is 325 g/mol. The Morgan fingerprint density at radius 3 is 2.62 bits per heavy atom. The highest BCUT2D eigenvalue weighted by Gasteiger charge is 2.12. The highest BCUT2D eigenvalue weighted by atomic mass is 32.2. The molecule has 3 aromatic rings. The second kappa shape index (κ2) is 7.49. The minimum atomic E-state index is -0.344. The van der Waals surface area contributed by atoms with Crippen LogP contribution in [0.4, 0.5) is 4.39 Å². The zero-order valence-electron chi connectivity index (χ0n) is 13.6. The quantitative estimate of drug-likeness (QED) is 0.499. The van der Waals surface area contributed by atoms with E-state index in [-0.39, 0.29) is 11.6 Å². The van der Waals surface area contributed by atoms with E-state index in [1.54, 1.807) is 18.2 Å². The lowest BCUT2D eigenvalue weighted by Crippen LogP contribution is -2.03. The van der Waals surface area contributed by atoms with Crippen molar-refractivity contribution < 1.29 is 9.13 Å². The lowest BCUT2D eigenvalue weighted by atomic mass is 10.1. The summed E-state index contributed by atoms with van der Waals surface area (Å²) in [5.74, 6) is 1.43. The molecule has 2 aromatic carbocycles. The molecule has 4 nitrogen and oxygen atoms in total. The van der Waals surface area contributed by atoms with E-state index in [2.05, 4.69) is 23.2 Å². The zero-order chi connectivity index (χ0) is 16.9. The topological polar surface area (TPSA) is 39.9 Å². The van der Waals surface area contributed by atoms with Crippen LogP contribution in [0.25, 0.3) is 11.4 Å². The van der Waals surface area contributed by atoms with Gasteiger partial charge in [0.2, 0.25) is 0 Å². The number of rotatable bonds is 6. The van der Waals surface area contributed by atoms with Gasteiger partial charge in [-0.25, -0.2) is 4.39 Å². The molecule has 124 valence electrons. The summed E-state index contributed by atoms with van der Waals surface area (Å²) in [7, 11) is 1.95. The minimum absolute atomic E-state index is 0.275. The summed E-state index contributed by atoms with van der Waals surface area (Å²) in [5.41, 5.74) is 2.23. The Bertz CT molecular complexity index is 835. The first kappa shape index (κ1) is 16.5. The van der Waals surface area contributed by atoms with Crippen LogP contribution in [0.5, 0.6) is 5.75 Å². The van der Waals surface area contributed by atoms with Gasteiger partial charge in [0.25, 0.3) is 0 Å². The molecule has 0 aliphatic heterocycles. The smallest absolute Gasteiger partial charge is 0.191 e. The van der Waals surface area contributed by atoms with Crippen LogP contribution in [-0.4, -0.2) is 27.1 Å². The van der Waals surface area contributed by atoms with Crippen molar-refractivity contribution in [3.8, 4) is 17.1 Å². The first-order valence-corrected chi connectivity index (χ1v) is 8.61. The Morgan fingerprint density at radius 1 is 1.08 bits per heavy atom. The van der Waals surface area contributed by atoms with E-state index in [0.29, 0.717) is 12.4 Å². The number of aromatic nitrogens is 3. The highest BCUT2D eigenvalue weighted by Crippen LogP contribution is 2.25. The SMILES string of the molecule is Cc1ccccc1-c1nnc(SCCOc2ccccc2F)n1C. The number of halogens is 1. The van der Waals surface area contributed by atoms with Gasteiger partial charge in [0.05, 0.1) is 6.61 Å². The lowest BCUT2D eigenvalue weighted by Gasteiger charge is -2.07. The van der Waals surface area contributed by atoms with Crippen LogP contribution >= 0.6 is 11.8 Å². The Hall–Kier alpha value is -2.34. The van der Waals surface area contributed by atoms with Crippen molar-refractivity contribution in [1.82, 2.24) is 14.8 Å². The van der Waals surface area contributed by atoms with Crippen molar-refractivity contribution >= 4 is 11.8 Å². The van der Waals surface area contributed by atoms with Gasteiger partial charge in [-0.15, -0.1) is 10.2 Å². The molecule has 1 aromatic heterocycles. The van der Waals surface area contributed by atoms with Gasteiger partial charge in [-0.2, -0.15) is 0 Å². The maximum absolute atomic E-state index is 13.5. The average molecular weight is 343 g/mol. The molecule has 0 aliphatic rings. The fraction of sp³-hybridized carbons (Fsp3) is 0.222. The Kier molecular flexibility index (Phi) is 5.15. The first-order chi connectivity index (χ1) is 11.7. The molecular formula is C18H18FN3OS. The molecule has 24 heavy (non-hydrogen) atoms. The predicted octanol–water partition coefficient (Wildman–Crippen LogP) is 4.10. The van der Waals surface area contributed by atoms with E-state index in [9.17, 15) is 4.39 Å². The van der Waals surface area contributed by atoms with Crippen LogP contribution < -0.4 is 4.74 Å². The molecule has 0 spiro atoms. The van der Waals surface area contributed by atoms with Crippen LogP contribution in [0.2, 0.25) is 0 Å². The van der Waals surface area contributed by atoms with Crippen molar-refractivity contribution in [2.75, 3.05) is 12.4 Å². The Morgan fingerprint density at radius 2 is 1.83 bits per heavy atom. The van der Waals surface area contributed by atoms with Crippen molar-refractivity contribution in [2.45, 2.75) is 12.1 Å². The van der Waals surface area contributed by atoms with Crippen LogP contribution in [0.1, 0.15) is 5.56 Å². The molecule has 3 rings (SSSR count). The van der Waals surface area contributed by atoms with Crippen LogP contribution in [0, 0.1) is 12.7 Å². The number of nitrogens with zero attached hydrogens (tertiary/aromatic N) is 3. The normalized spacial score (nSPS) is 10.8. The summed E-state index contributed by atoms with van der Waals surface area (Å²) in [6.07, 6.45) is 0. The zero-order valence-corrected chi connectivity index (χ0v) is 14.4. The molecule has 0 atom stereocenters. The maximum Gasteiger partial charge on any atom is 0.191 e. The summed E-state index contributed by atoms with van der Waals surface area (Å²) in [5, 5.41) is 9.34. The van der Waals surface area contributed by atoms with Crippen molar-refractivity contribution in [1.29, 1.82) is 0 Å². The molecule has 0 N–H and O–H groups in total. The molecule has 0 amide bonds. The largest absolute Gasteiger partial charge is 0.490 e. The van der Waals surface area contributed by atoms with Gasteiger partial charge in [-0.1, -0.05) is 48.2 Å².